The Morgan fingerprint density at radius 3 is 2.67 bits per heavy atom. The molecule has 0 heterocycles. The van der Waals surface area contributed by atoms with Crippen molar-refractivity contribution in [3.05, 3.63) is 28.7 Å². The van der Waals surface area contributed by atoms with E-state index in [-0.39, 0.29) is 11.9 Å². The van der Waals surface area contributed by atoms with Crippen LogP contribution >= 0.6 is 15.9 Å². The molecule has 1 aromatic rings. The van der Waals surface area contributed by atoms with Crippen LogP contribution in [0, 0.1) is 5.92 Å². The van der Waals surface area contributed by atoms with Crippen molar-refractivity contribution in [1.29, 1.82) is 0 Å². The van der Waals surface area contributed by atoms with Crippen molar-refractivity contribution < 1.29 is 9.00 Å². The number of carbonyl (C=O) groups excluding carboxylic acids is 1. The van der Waals surface area contributed by atoms with Crippen molar-refractivity contribution in [2.24, 2.45) is 11.7 Å². The van der Waals surface area contributed by atoms with Crippen LogP contribution in [0.3, 0.4) is 0 Å². The molecule has 4 nitrogen and oxygen atoms in total. The second kappa shape index (κ2) is 8.06. The number of hydrogen-bond acceptors (Lipinski definition) is 3. The molecule has 0 aliphatic heterocycles. The third-order valence-corrected chi connectivity index (χ3v) is 5.56. The van der Waals surface area contributed by atoms with Gasteiger partial charge >= 0.3 is 0 Å². The number of benzene rings is 1. The Morgan fingerprint density at radius 1 is 1.38 bits per heavy atom. The molecule has 1 aliphatic carbocycles. The van der Waals surface area contributed by atoms with Gasteiger partial charge in [-0.25, -0.2) is 0 Å². The van der Waals surface area contributed by atoms with E-state index < -0.39 is 10.8 Å². The smallest absolute Gasteiger partial charge is 0.220 e. The minimum atomic E-state index is -1.04. The zero-order valence-corrected chi connectivity index (χ0v) is 14.3. The molecule has 1 fully saturated rings. The number of hydrogen-bond donors (Lipinski definition) is 2. The third-order valence-electron chi connectivity index (χ3n) is 3.57. The summed E-state index contributed by atoms with van der Waals surface area (Å²) in [7, 11) is -1.04. The second-order valence-electron chi connectivity index (χ2n) is 5.41. The molecular weight excluding hydrogens is 352 g/mol. The quantitative estimate of drug-likeness (QED) is 0.734. The van der Waals surface area contributed by atoms with E-state index >= 15 is 0 Å². The van der Waals surface area contributed by atoms with E-state index in [0.717, 1.165) is 9.37 Å². The molecule has 2 unspecified atom stereocenters. The lowest BCUT2D eigenvalue weighted by Gasteiger charge is -2.11. The van der Waals surface area contributed by atoms with Crippen molar-refractivity contribution in [3.8, 4) is 0 Å². The maximum atomic E-state index is 12.0. The lowest BCUT2D eigenvalue weighted by atomic mass is 10.2. The highest BCUT2D eigenvalue weighted by atomic mass is 79.9. The van der Waals surface area contributed by atoms with Crippen LogP contribution in [0.5, 0.6) is 0 Å². The molecule has 116 valence electrons. The van der Waals surface area contributed by atoms with Gasteiger partial charge in [0.1, 0.15) is 0 Å². The van der Waals surface area contributed by atoms with E-state index in [9.17, 15) is 9.00 Å². The monoisotopic (exact) mass is 372 g/mol. The maximum absolute atomic E-state index is 12.0. The molecule has 2 rings (SSSR count). The first kappa shape index (κ1) is 16.6. The van der Waals surface area contributed by atoms with Gasteiger partial charge in [-0.1, -0.05) is 15.9 Å². The summed E-state index contributed by atoms with van der Waals surface area (Å²) in [6, 6.07) is 7.52. The molecule has 1 amide bonds. The van der Waals surface area contributed by atoms with Crippen LogP contribution in [-0.2, 0) is 15.6 Å². The Hall–Kier alpha value is -0.720. The van der Waals surface area contributed by atoms with Crippen LogP contribution in [-0.4, -0.2) is 28.5 Å². The molecule has 1 aliphatic rings. The Labute approximate surface area is 136 Å². The number of carbonyl (C=O) groups is 1. The molecule has 0 aromatic heterocycles. The predicted molar refractivity (Wildman–Crippen MR) is 88.4 cm³/mol. The number of amides is 1. The largest absolute Gasteiger partial charge is 0.355 e. The summed E-state index contributed by atoms with van der Waals surface area (Å²) in [5, 5.41) is 2.86. The average molecular weight is 373 g/mol. The minimum Gasteiger partial charge on any atom is -0.355 e. The lowest BCUT2D eigenvalue weighted by molar-refractivity contribution is -0.121. The number of nitrogens with two attached hydrogens (primary N) is 1. The van der Waals surface area contributed by atoms with Gasteiger partial charge in [0.2, 0.25) is 5.91 Å². The molecule has 0 bridgehead atoms. The van der Waals surface area contributed by atoms with Crippen molar-refractivity contribution in [1.82, 2.24) is 5.32 Å². The van der Waals surface area contributed by atoms with Crippen LogP contribution in [0.1, 0.15) is 25.7 Å². The summed E-state index contributed by atoms with van der Waals surface area (Å²) in [5.74, 6) is 1.10. The van der Waals surface area contributed by atoms with E-state index in [1.807, 2.05) is 24.3 Å². The van der Waals surface area contributed by atoms with Gasteiger partial charge in [0.15, 0.2) is 0 Å². The Kier molecular flexibility index (Phi) is 6.39. The topological polar surface area (TPSA) is 72.2 Å². The first-order chi connectivity index (χ1) is 10.1. The van der Waals surface area contributed by atoms with Crippen LogP contribution in [0.4, 0.5) is 0 Å². The van der Waals surface area contributed by atoms with Gasteiger partial charge in [0.05, 0.1) is 10.8 Å². The van der Waals surface area contributed by atoms with Crippen molar-refractivity contribution in [3.63, 3.8) is 0 Å². The Morgan fingerprint density at radius 2 is 2.05 bits per heavy atom. The first-order valence-corrected chi connectivity index (χ1v) is 9.33. The Bertz CT molecular complexity index is 503. The van der Waals surface area contributed by atoms with Gasteiger partial charge in [0.25, 0.3) is 0 Å². The summed E-state index contributed by atoms with van der Waals surface area (Å²) in [4.78, 5) is 12.5. The molecule has 21 heavy (non-hydrogen) atoms. The standard InChI is InChI=1S/C15H21BrN2O2S/c16-12-5-7-13(8-6-12)21(20)9-1-2-15(19)18-10-14(17)11-3-4-11/h5-8,11,14H,1-4,9-10,17H2,(H,18,19). The summed E-state index contributed by atoms with van der Waals surface area (Å²) in [6.45, 7) is 0.555. The molecule has 1 saturated carbocycles. The fraction of sp³-hybridized carbons (Fsp3) is 0.533. The lowest BCUT2D eigenvalue weighted by Crippen LogP contribution is -2.38. The minimum absolute atomic E-state index is 0.00101. The van der Waals surface area contributed by atoms with E-state index in [2.05, 4.69) is 21.2 Å². The van der Waals surface area contributed by atoms with E-state index in [1.54, 1.807) is 0 Å². The average Bonchev–Trinajstić information content (AvgIpc) is 3.30. The van der Waals surface area contributed by atoms with Gasteiger partial charge in [-0.15, -0.1) is 0 Å². The van der Waals surface area contributed by atoms with Crippen molar-refractivity contribution in [2.75, 3.05) is 12.3 Å². The fourth-order valence-corrected chi connectivity index (χ4v) is 3.43. The molecule has 2 atom stereocenters. The van der Waals surface area contributed by atoms with E-state index in [0.29, 0.717) is 31.1 Å². The van der Waals surface area contributed by atoms with Crippen LogP contribution in [0.2, 0.25) is 0 Å². The molecule has 3 N–H and O–H groups in total. The number of nitrogens with one attached hydrogen (secondary N) is 1. The molecule has 6 heteroatoms. The van der Waals surface area contributed by atoms with E-state index in [1.165, 1.54) is 12.8 Å². The highest BCUT2D eigenvalue weighted by molar-refractivity contribution is 9.10. The summed E-state index contributed by atoms with van der Waals surface area (Å²) in [5.41, 5.74) is 5.93. The van der Waals surface area contributed by atoms with Crippen molar-refractivity contribution >= 4 is 32.6 Å². The van der Waals surface area contributed by atoms with Crippen LogP contribution in [0.25, 0.3) is 0 Å². The van der Waals surface area contributed by atoms with E-state index in [4.69, 9.17) is 5.73 Å². The SMILES string of the molecule is NC(CNC(=O)CCCS(=O)c1ccc(Br)cc1)C1CC1. The predicted octanol–water partition coefficient (Wildman–Crippen LogP) is 2.19. The van der Waals surface area contributed by atoms with Crippen LogP contribution in [0.15, 0.2) is 33.6 Å². The molecule has 0 radical (unpaired) electrons. The first-order valence-electron chi connectivity index (χ1n) is 7.22. The number of halogens is 1. The molecule has 0 spiro atoms. The molecular formula is C15H21BrN2O2S. The number of rotatable bonds is 8. The van der Waals surface area contributed by atoms with Gasteiger partial charge in [-0.3, -0.25) is 9.00 Å². The maximum Gasteiger partial charge on any atom is 0.220 e. The zero-order chi connectivity index (χ0) is 15.2. The summed E-state index contributed by atoms with van der Waals surface area (Å²) < 4.78 is 13.0. The highest BCUT2D eigenvalue weighted by Gasteiger charge is 2.28. The van der Waals surface area contributed by atoms with Gasteiger partial charge in [0, 0.05) is 34.1 Å². The van der Waals surface area contributed by atoms with Gasteiger partial charge in [-0.2, -0.15) is 0 Å². The van der Waals surface area contributed by atoms with Gasteiger partial charge in [-0.05, 0) is 49.4 Å². The molecule has 0 saturated heterocycles. The third kappa shape index (κ3) is 5.88. The second-order valence-corrected chi connectivity index (χ2v) is 7.90. The van der Waals surface area contributed by atoms with Gasteiger partial charge < -0.3 is 11.1 Å². The zero-order valence-electron chi connectivity index (χ0n) is 11.9. The highest BCUT2D eigenvalue weighted by Crippen LogP contribution is 2.31. The summed E-state index contributed by atoms with van der Waals surface area (Å²) in [6.07, 6.45) is 3.39. The normalized spacial score (nSPS) is 17.2. The van der Waals surface area contributed by atoms with Crippen LogP contribution < -0.4 is 11.1 Å². The Balaban J connectivity index is 1.62. The fourth-order valence-electron chi connectivity index (χ4n) is 2.08. The summed E-state index contributed by atoms with van der Waals surface area (Å²) >= 11 is 3.35. The van der Waals surface area contributed by atoms with Crippen molar-refractivity contribution in [2.45, 2.75) is 36.6 Å². The molecule has 1 aromatic carbocycles.